The molecule has 0 aliphatic heterocycles. The van der Waals surface area contributed by atoms with Gasteiger partial charge in [-0.05, 0) is 117 Å². The number of hydrogen-bond donors (Lipinski definition) is 2. The van der Waals surface area contributed by atoms with E-state index in [9.17, 15) is 10.2 Å². The molecule has 43 heavy (non-hydrogen) atoms. The summed E-state index contributed by atoms with van der Waals surface area (Å²) in [6, 6.07) is 17.0. The van der Waals surface area contributed by atoms with Gasteiger partial charge in [0, 0.05) is 74.4 Å². The SMILES string of the molecule is COCCCN(c1ccccc1-c1cc(C)cc(C23CC4CC(CC(C4)C2)C3)c1O)c1cc(C)cc(C(C)(C)C)c1O.[Zr]. The molecule has 3 aromatic rings. The maximum atomic E-state index is 12.2. The fourth-order valence-corrected chi connectivity index (χ4v) is 9.04. The van der Waals surface area contributed by atoms with E-state index in [0.717, 1.165) is 57.8 Å². The van der Waals surface area contributed by atoms with Crippen molar-refractivity contribution >= 4 is 11.4 Å². The molecule has 0 spiro atoms. The Bertz CT molecular complexity index is 1440. The van der Waals surface area contributed by atoms with E-state index in [-0.39, 0.29) is 37.0 Å². The fraction of sp³-hybridized carbons (Fsp3) is 0.526. The van der Waals surface area contributed by atoms with E-state index >= 15 is 0 Å². The van der Waals surface area contributed by atoms with Crippen molar-refractivity contribution in [3.8, 4) is 22.6 Å². The summed E-state index contributed by atoms with van der Waals surface area (Å²) in [7, 11) is 1.73. The molecule has 0 unspecified atom stereocenters. The number of methoxy groups -OCH3 is 1. The largest absolute Gasteiger partial charge is 0.507 e. The Morgan fingerprint density at radius 1 is 0.814 bits per heavy atom. The van der Waals surface area contributed by atoms with E-state index in [1.165, 1.54) is 49.7 Å². The van der Waals surface area contributed by atoms with E-state index < -0.39 is 0 Å². The molecule has 228 valence electrons. The van der Waals surface area contributed by atoms with Gasteiger partial charge in [-0.15, -0.1) is 0 Å². The van der Waals surface area contributed by atoms with Gasteiger partial charge in [-0.2, -0.15) is 0 Å². The van der Waals surface area contributed by atoms with Gasteiger partial charge in [0.05, 0.1) is 5.69 Å². The Labute approximate surface area is 278 Å². The molecule has 3 aromatic carbocycles. The molecule has 4 saturated carbocycles. The number of para-hydroxylation sites is 1. The quantitative estimate of drug-likeness (QED) is 0.237. The van der Waals surface area contributed by atoms with Crippen LogP contribution in [0.25, 0.3) is 11.1 Å². The van der Waals surface area contributed by atoms with Gasteiger partial charge in [-0.1, -0.05) is 51.1 Å². The summed E-state index contributed by atoms with van der Waals surface area (Å²) in [5, 5.41) is 23.9. The molecule has 0 heterocycles. The Morgan fingerprint density at radius 2 is 1.42 bits per heavy atom. The minimum atomic E-state index is -0.204. The average Bonchev–Trinajstić information content (AvgIpc) is 2.92. The molecular formula is C38H49NO3Zr. The van der Waals surface area contributed by atoms with E-state index in [2.05, 4.69) is 88.0 Å². The minimum absolute atomic E-state index is 0. The smallest absolute Gasteiger partial charge is 0.142 e. The van der Waals surface area contributed by atoms with Crippen LogP contribution in [-0.2, 0) is 41.8 Å². The molecule has 4 aliphatic carbocycles. The molecule has 4 aliphatic rings. The van der Waals surface area contributed by atoms with Crippen molar-refractivity contribution in [2.24, 2.45) is 17.8 Å². The van der Waals surface area contributed by atoms with Crippen LogP contribution in [0.3, 0.4) is 0 Å². The Hall–Kier alpha value is -2.10. The van der Waals surface area contributed by atoms with Crippen molar-refractivity contribution in [3.05, 3.63) is 70.8 Å². The van der Waals surface area contributed by atoms with Gasteiger partial charge < -0.3 is 19.8 Å². The van der Waals surface area contributed by atoms with Crippen LogP contribution < -0.4 is 4.90 Å². The monoisotopic (exact) mass is 657 g/mol. The zero-order valence-corrected chi connectivity index (χ0v) is 29.4. The van der Waals surface area contributed by atoms with Crippen LogP contribution in [0.2, 0.25) is 0 Å². The molecule has 0 saturated heterocycles. The molecule has 0 radical (unpaired) electrons. The van der Waals surface area contributed by atoms with Crippen molar-refractivity contribution in [3.63, 3.8) is 0 Å². The third kappa shape index (κ3) is 6.10. The molecule has 7 rings (SSSR count). The van der Waals surface area contributed by atoms with Crippen molar-refractivity contribution < 1.29 is 41.2 Å². The predicted octanol–water partition coefficient (Wildman–Crippen LogP) is 9.32. The van der Waals surface area contributed by atoms with Gasteiger partial charge in [-0.3, -0.25) is 0 Å². The summed E-state index contributed by atoms with van der Waals surface area (Å²) in [4.78, 5) is 2.23. The van der Waals surface area contributed by atoms with Gasteiger partial charge in [0.15, 0.2) is 0 Å². The summed E-state index contributed by atoms with van der Waals surface area (Å²) in [6.07, 6.45) is 8.60. The van der Waals surface area contributed by atoms with E-state index in [4.69, 9.17) is 4.74 Å². The van der Waals surface area contributed by atoms with Crippen LogP contribution in [-0.4, -0.2) is 30.5 Å². The zero-order chi connectivity index (χ0) is 29.8. The third-order valence-corrected chi connectivity index (χ3v) is 10.4. The number of rotatable bonds is 8. The van der Waals surface area contributed by atoms with Gasteiger partial charge in [0.25, 0.3) is 0 Å². The second kappa shape index (κ2) is 12.4. The van der Waals surface area contributed by atoms with Crippen molar-refractivity contribution in [1.29, 1.82) is 0 Å². The number of nitrogens with zero attached hydrogens (tertiary/aromatic N) is 1. The van der Waals surface area contributed by atoms with Crippen LogP contribution >= 0.6 is 0 Å². The molecule has 0 atom stereocenters. The maximum Gasteiger partial charge on any atom is 0.142 e. The second-order valence-electron chi connectivity index (χ2n) is 14.9. The topological polar surface area (TPSA) is 52.9 Å². The molecule has 2 N–H and O–H groups in total. The van der Waals surface area contributed by atoms with E-state index in [0.29, 0.717) is 24.7 Å². The second-order valence-corrected chi connectivity index (χ2v) is 14.9. The number of ether oxygens (including phenoxy) is 1. The normalized spacial score (nSPS) is 24.2. The fourth-order valence-electron chi connectivity index (χ4n) is 9.04. The zero-order valence-electron chi connectivity index (χ0n) is 27.0. The molecule has 5 heteroatoms. The first-order valence-corrected chi connectivity index (χ1v) is 16.0. The average molecular weight is 659 g/mol. The van der Waals surface area contributed by atoms with Gasteiger partial charge in [0.1, 0.15) is 11.5 Å². The number of benzene rings is 3. The molecule has 4 fully saturated rings. The number of anilines is 2. The molecule has 4 bridgehead atoms. The predicted molar refractivity (Wildman–Crippen MR) is 173 cm³/mol. The number of aromatic hydroxyl groups is 2. The van der Waals surface area contributed by atoms with Crippen molar-refractivity contribution in [1.82, 2.24) is 0 Å². The number of phenols is 2. The van der Waals surface area contributed by atoms with Gasteiger partial charge in [0.2, 0.25) is 0 Å². The van der Waals surface area contributed by atoms with Crippen LogP contribution in [0.4, 0.5) is 11.4 Å². The first-order chi connectivity index (χ1) is 20.0. The Kier molecular flexibility index (Phi) is 9.28. The van der Waals surface area contributed by atoms with Crippen molar-refractivity contribution in [2.45, 2.75) is 90.4 Å². The molecular weight excluding hydrogens is 610 g/mol. The van der Waals surface area contributed by atoms with Crippen LogP contribution in [0.15, 0.2) is 48.5 Å². The standard InChI is InChI=1S/C38H49NO3.Zr/c1-24-14-30(35(40)32(16-24)38-21-26-18-27(22-38)20-28(19-26)23-38)29-10-7-8-11-33(29)39(12-9-13-42-6)34-17-25(2)15-31(36(34)41)37(3,4)5;/h7-8,10-11,14-17,26-28,40-41H,9,12-13,18-23H2,1-6H3;. The van der Waals surface area contributed by atoms with Crippen LogP contribution in [0.5, 0.6) is 11.5 Å². The summed E-state index contributed by atoms with van der Waals surface area (Å²) >= 11 is 0. The molecule has 0 aromatic heterocycles. The first-order valence-electron chi connectivity index (χ1n) is 16.0. The number of aryl methyl sites for hydroxylation is 2. The van der Waals surface area contributed by atoms with E-state index in [1.807, 2.05) is 0 Å². The molecule has 4 nitrogen and oxygen atoms in total. The summed E-state index contributed by atoms with van der Waals surface area (Å²) < 4.78 is 5.45. The Morgan fingerprint density at radius 3 is 2.02 bits per heavy atom. The summed E-state index contributed by atoms with van der Waals surface area (Å²) in [5.41, 5.74) is 8.01. The summed E-state index contributed by atoms with van der Waals surface area (Å²) in [6.45, 7) is 12.0. The van der Waals surface area contributed by atoms with Gasteiger partial charge in [-0.25, -0.2) is 0 Å². The maximum absolute atomic E-state index is 12.2. The number of phenolic OH excluding ortho intramolecular Hbond substituents is 2. The third-order valence-electron chi connectivity index (χ3n) is 10.4. The summed E-state index contributed by atoms with van der Waals surface area (Å²) in [5.74, 6) is 3.21. The number of hydrogen-bond acceptors (Lipinski definition) is 4. The van der Waals surface area contributed by atoms with Crippen molar-refractivity contribution in [2.75, 3.05) is 25.2 Å². The molecule has 0 amide bonds. The van der Waals surface area contributed by atoms with Crippen LogP contribution in [0, 0.1) is 31.6 Å². The van der Waals surface area contributed by atoms with Crippen LogP contribution in [0.1, 0.15) is 88.0 Å². The van der Waals surface area contributed by atoms with E-state index in [1.54, 1.807) is 7.11 Å². The Balaban J connectivity index is 0.00000368. The minimum Gasteiger partial charge on any atom is -0.507 e. The van der Waals surface area contributed by atoms with Gasteiger partial charge >= 0.3 is 0 Å². The first kappa shape index (κ1) is 32.3.